The Labute approximate surface area is 89.2 Å². The third-order valence-electron chi connectivity index (χ3n) is 1.69. The normalized spacial score (nSPS) is 15.3. The van der Waals surface area contributed by atoms with Crippen molar-refractivity contribution in [2.75, 3.05) is 0 Å². The van der Waals surface area contributed by atoms with Gasteiger partial charge in [0, 0.05) is 0 Å². The molecule has 5 heteroatoms. The number of rotatable bonds is 2. The Hall–Kier alpha value is 1.49. The molecule has 0 heterocycles. The minimum Gasteiger partial charge on any atom is -0.124 e. The van der Waals surface area contributed by atoms with Gasteiger partial charge in [-0.15, -0.1) is 38.5 Å². The van der Waals surface area contributed by atoms with E-state index in [0.717, 1.165) is 0 Å². The molecule has 0 rings (SSSR count). The second-order valence-corrected chi connectivity index (χ2v) is 22.3. The summed E-state index contributed by atoms with van der Waals surface area (Å²) in [6.07, 6.45) is 0. The van der Waals surface area contributed by atoms with E-state index in [1.807, 2.05) is 0 Å². The fourth-order valence-corrected chi connectivity index (χ4v) is 13.4. The van der Waals surface area contributed by atoms with Crippen LogP contribution in [0.25, 0.3) is 0 Å². The molecule has 0 amide bonds. The first-order valence-corrected chi connectivity index (χ1v) is 13.1. The molecule has 0 saturated heterocycles. The zero-order valence-electron chi connectivity index (χ0n) is 7.63. The van der Waals surface area contributed by atoms with Gasteiger partial charge < -0.3 is 0 Å². The average molecular weight is 294 g/mol. The molecule has 0 spiro atoms. The standard InChI is InChI=1S/C6H15BrCl2Si2/c1-10(2,3)6(8,9)11(4,5)7/h1-5H3. The topological polar surface area (TPSA) is 0 Å². The lowest BCUT2D eigenvalue weighted by Crippen LogP contribution is -2.57. The molecule has 0 aliphatic rings. The molecular weight excluding hydrogens is 279 g/mol. The van der Waals surface area contributed by atoms with Crippen molar-refractivity contribution in [1.82, 2.24) is 0 Å². The molecule has 0 aliphatic heterocycles. The SMILES string of the molecule is C[Si](C)(C)C(Cl)(Cl)[Si](C)(C)Br. The minimum absolute atomic E-state index is 0.486. The first-order chi connectivity index (χ1) is 4.50. The van der Waals surface area contributed by atoms with Crippen LogP contribution in [0.1, 0.15) is 0 Å². The Morgan fingerprint density at radius 1 is 1.00 bits per heavy atom. The molecule has 0 radical (unpaired) electrons. The Balaban J connectivity index is 4.75. The number of halogens is 3. The van der Waals surface area contributed by atoms with E-state index in [4.69, 9.17) is 23.2 Å². The molecule has 0 aromatic heterocycles. The van der Waals surface area contributed by atoms with Crippen LogP contribution in [-0.2, 0) is 0 Å². The van der Waals surface area contributed by atoms with Crippen molar-refractivity contribution < 1.29 is 0 Å². The fraction of sp³-hybridized carbons (Fsp3) is 1.00. The van der Waals surface area contributed by atoms with Gasteiger partial charge in [-0.1, -0.05) is 32.7 Å². The predicted molar refractivity (Wildman–Crippen MR) is 64.2 cm³/mol. The summed E-state index contributed by atoms with van der Waals surface area (Å²) < 4.78 is -0.486. The summed E-state index contributed by atoms with van der Waals surface area (Å²) in [4.78, 5) is 0. The monoisotopic (exact) mass is 292 g/mol. The largest absolute Gasteiger partial charge is 0.160 e. The predicted octanol–water partition coefficient (Wildman–Crippen LogP) is 4.18. The van der Waals surface area contributed by atoms with E-state index < -0.39 is 18.3 Å². The maximum absolute atomic E-state index is 6.33. The van der Waals surface area contributed by atoms with Crippen molar-refractivity contribution in [2.45, 2.75) is 36.3 Å². The van der Waals surface area contributed by atoms with Gasteiger partial charge >= 0.3 is 0 Å². The van der Waals surface area contributed by atoms with Crippen LogP contribution in [0, 0.1) is 0 Å². The molecule has 0 aromatic rings. The van der Waals surface area contributed by atoms with Crippen molar-refractivity contribution in [3.8, 4) is 0 Å². The van der Waals surface area contributed by atoms with Gasteiger partial charge in [0.25, 0.3) is 0 Å². The van der Waals surface area contributed by atoms with E-state index in [0.29, 0.717) is 0 Å². The Bertz CT molecular complexity index is 130. The van der Waals surface area contributed by atoms with Crippen LogP contribution in [0.5, 0.6) is 0 Å². The highest BCUT2D eigenvalue weighted by Crippen LogP contribution is 2.43. The average Bonchev–Trinajstić information content (AvgIpc) is 1.58. The van der Waals surface area contributed by atoms with Gasteiger partial charge in [0.2, 0.25) is 0 Å². The highest BCUT2D eigenvalue weighted by molar-refractivity contribution is 9.26. The number of hydrogen-bond acceptors (Lipinski definition) is 0. The molecule has 0 fully saturated rings. The van der Waals surface area contributed by atoms with Gasteiger partial charge in [0.05, 0.1) is 8.07 Å². The van der Waals surface area contributed by atoms with Crippen LogP contribution in [0.15, 0.2) is 0 Å². The van der Waals surface area contributed by atoms with Gasteiger partial charge in [-0.05, 0) is 0 Å². The van der Waals surface area contributed by atoms with Gasteiger partial charge in [0.15, 0.2) is 6.69 Å². The zero-order chi connectivity index (χ0) is 9.50. The molecule has 0 nitrogen and oxygen atoms in total. The first kappa shape index (κ1) is 12.5. The Morgan fingerprint density at radius 3 is 1.27 bits per heavy atom. The maximum atomic E-state index is 6.33. The minimum atomic E-state index is -1.62. The number of alkyl halides is 2. The second-order valence-electron chi connectivity index (χ2n) is 4.30. The van der Waals surface area contributed by atoms with Crippen molar-refractivity contribution in [3.63, 3.8) is 0 Å². The van der Waals surface area contributed by atoms with Crippen molar-refractivity contribution in [2.24, 2.45) is 0 Å². The smallest absolute Gasteiger partial charge is 0.124 e. The lowest BCUT2D eigenvalue weighted by Gasteiger charge is -2.39. The van der Waals surface area contributed by atoms with Crippen LogP contribution in [0.4, 0.5) is 0 Å². The molecule has 68 valence electrons. The zero-order valence-corrected chi connectivity index (χ0v) is 12.7. The van der Waals surface area contributed by atoms with Gasteiger partial charge in [-0.2, -0.15) is 0 Å². The maximum Gasteiger partial charge on any atom is 0.160 e. The molecule has 0 unspecified atom stereocenters. The van der Waals surface area contributed by atoms with E-state index in [1.165, 1.54) is 0 Å². The molecular formula is C6H15BrCl2Si2. The molecule has 0 saturated carbocycles. The van der Waals surface area contributed by atoms with Gasteiger partial charge in [-0.3, -0.25) is 0 Å². The van der Waals surface area contributed by atoms with E-state index in [2.05, 4.69) is 48.0 Å². The van der Waals surface area contributed by atoms with Crippen LogP contribution in [-0.4, -0.2) is 18.3 Å². The highest BCUT2D eigenvalue weighted by Gasteiger charge is 2.51. The van der Waals surface area contributed by atoms with Crippen LogP contribution in [0.2, 0.25) is 32.7 Å². The highest BCUT2D eigenvalue weighted by atomic mass is 79.9. The van der Waals surface area contributed by atoms with Crippen LogP contribution in [0.3, 0.4) is 0 Å². The third kappa shape index (κ3) is 2.73. The molecule has 0 atom stereocenters. The molecule has 0 bridgehead atoms. The van der Waals surface area contributed by atoms with E-state index in [1.54, 1.807) is 0 Å². The summed E-state index contributed by atoms with van der Waals surface area (Å²) in [5.41, 5.74) is 0. The summed E-state index contributed by atoms with van der Waals surface area (Å²) in [7, 11) is -1.47. The second kappa shape index (κ2) is 3.33. The Kier molecular flexibility index (Phi) is 3.78. The molecule has 11 heavy (non-hydrogen) atoms. The Morgan fingerprint density at radius 2 is 1.27 bits per heavy atom. The summed E-state index contributed by atoms with van der Waals surface area (Å²) in [6, 6.07) is 0. The van der Waals surface area contributed by atoms with Crippen molar-refractivity contribution in [1.29, 1.82) is 0 Å². The first-order valence-electron chi connectivity index (χ1n) is 3.57. The lowest BCUT2D eigenvalue weighted by molar-refractivity contribution is 1.41. The van der Waals surface area contributed by atoms with Gasteiger partial charge in [0.1, 0.15) is 3.58 Å². The molecule has 0 aromatic carbocycles. The fourth-order valence-electron chi connectivity index (χ4n) is 0.892. The molecule has 0 aliphatic carbocycles. The van der Waals surface area contributed by atoms with E-state index in [-0.39, 0.29) is 0 Å². The third-order valence-corrected chi connectivity index (χ3v) is 19.7. The van der Waals surface area contributed by atoms with Crippen LogP contribution >= 0.6 is 38.5 Å². The lowest BCUT2D eigenvalue weighted by atomic mass is 11.7. The summed E-state index contributed by atoms with van der Waals surface area (Å²) >= 11 is 16.3. The summed E-state index contributed by atoms with van der Waals surface area (Å²) in [6.45, 7) is 9.27. The molecule has 0 N–H and O–H groups in total. The van der Waals surface area contributed by atoms with Crippen LogP contribution < -0.4 is 0 Å². The van der Waals surface area contributed by atoms with Crippen molar-refractivity contribution in [3.05, 3.63) is 0 Å². The summed E-state index contributed by atoms with van der Waals surface area (Å²) in [5, 5.41) is 0. The summed E-state index contributed by atoms with van der Waals surface area (Å²) in [5.74, 6) is 0. The number of hydrogen-bond donors (Lipinski definition) is 0. The van der Waals surface area contributed by atoms with E-state index in [9.17, 15) is 0 Å². The quantitative estimate of drug-likeness (QED) is 0.407. The van der Waals surface area contributed by atoms with Gasteiger partial charge in [-0.25, -0.2) is 0 Å². The van der Waals surface area contributed by atoms with E-state index >= 15 is 0 Å². The van der Waals surface area contributed by atoms with Crippen molar-refractivity contribution >= 4 is 53.3 Å².